The summed E-state index contributed by atoms with van der Waals surface area (Å²) < 4.78 is 12.2. The number of rotatable bonds is 6. The first-order valence-corrected chi connectivity index (χ1v) is 20.6. The Bertz CT molecular complexity index is 2120. The molecule has 51 heavy (non-hydrogen) atoms. The predicted molar refractivity (Wildman–Crippen MR) is 203 cm³/mol. The Morgan fingerprint density at radius 2 is 1.88 bits per heavy atom. The Kier molecular flexibility index (Phi) is 7.03. The lowest BCUT2D eigenvalue weighted by Gasteiger charge is -2.80. The first-order valence-electron chi connectivity index (χ1n) is 18.9. The summed E-state index contributed by atoms with van der Waals surface area (Å²) in [7, 11) is 3.97. The van der Waals surface area contributed by atoms with Crippen LogP contribution in [0.3, 0.4) is 0 Å². The molecule has 2 aromatic heterocycles. The summed E-state index contributed by atoms with van der Waals surface area (Å²) in [6, 6.07) is 13.5. The molecule has 1 N–H and O–H groups in total. The Hall–Kier alpha value is -3.34. The molecule has 2 amide bonds. The molecular weight excluding hydrogens is 675 g/mol. The molecule has 3 saturated carbocycles. The van der Waals surface area contributed by atoms with Gasteiger partial charge in [0.2, 0.25) is 5.91 Å². The van der Waals surface area contributed by atoms with Crippen LogP contribution in [0.4, 0.5) is 0 Å². The topological polar surface area (TPSA) is 79.7 Å². The molecule has 0 radical (unpaired) electrons. The average molecular weight is 722 g/mol. The number of nitrogens with zero attached hydrogens (tertiary/aromatic N) is 4. The molecule has 2 aromatic carbocycles. The highest BCUT2D eigenvalue weighted by atomic mass is 32.2. The van der Waals surface area contributed by atoms with Crippen molar-refractivity contribution in [1.82, 2.24) is 24.1 Å². The van der Waals surface area contributed by atoms with Crippen molar-refractivity contribution in [2.75, 3.05) is 20.7 Å². The number of fused-ring (bicyclic) bond motifs is 7. The highest BCUT2D eigenvalue weighted by molar-refractivity contribution is 7.99. The van der Waals surface area contributed by atoms with E-state index < -0.39 is 5.41 Å². The number of thiazole rings is 1. The molecule has 266 valence electrons. The number of carbonyl (C=O) groups excluding carboxylic acids is 2. The number of piperazine rings is 1. The van der Waals surface area contributed by atoms with E-state index in [1.165, 1.54) is 78.2 Å². The molecule has 10 rings (SSSR count). The minimum Gasteiger partial charge on any atom is -0.497 e. The number of piperidine rings is 1. The lowest BCUT2D eigenvalue weighted by Crippen LogP contribution is -2.96. The highest BCUT2D eigenvalue weighted by Crippen LogP contribution is 2.69. The lowest BCUT2D eigenvalue weighted by molar-refractivity contribution is -0.278. The molecular formula is C41H47N5O3S2. The van der Waals surface area contributed by atoms with E-state index in [2.05, 4.69) is 82.6 Å². The van der Waals surface area contributed by atoms with Gasteiger partial charge < -0.3 is 14.2 Å². The van der Waals surface area contributed by atoms with E-state index in [9.17, 15) is 4.79 Å². The predicted octanol–water partition coefficient (Wildman–Crippen LogP) is 8.10. The fourth-order valence-corrected chi connectivity index (χ4v) is 12.4. The van der Waals surface area contributed by atoms with Gasteiger partial charge in [0.1, 0.15) is 5.75 Å². The minimum absolute atomic E-state index is 0.0405. The summed E-state index contributed by atoms with van der Waals surface area (Å²) >= 11 is 2.85. The van der Waals surface area contributed by atoms with Crippen molar-refractivity contribution in [1.29, 1.82) is 0 Å². The molecule has 5 fully saturated rings. The minimum atomic E-state index is -0.498. The summed E-state index contributed by atoms with van der Waals surface area (Å²) in [5, 5.41) is 3.30. The second-order valence-electron chi connectivity index (χ2n) is 17.2. The molecule has 2 saturated heterocycles. The van der Waals surface area contributed by atoms with Gasteiger partial charge in [-0.25, -0.2) is 4.98 Å². The van der Waals surface area contributed by atoms with Crippen LogP contribution in [0.1, 0.15) is 111 Å². The third-order valence-electron chi connectivity index (χ3n) is 13.7. The van der Waals surface area contributed by atoms with Crippen LogP contribution in [0.5, 0.6) is 5.75 Å². The van der Waals surface area contributed by atoms with Crippen molar-refractivity contribution in [3.8, 4) is 17.0 Å². The molecule has 10 heteroatoms. The zero-order chi connectivity index (χ0) is 35.0. The summed E-state index contributed by atoms with van der Waals surface area (Å²) in [5.41, 5.74) is 7.56. The number of aromatic nitrogens is 2. The van der Waals surface area contributed by atoms with E-state index >= 15 is 4.79 Å². The van der Waals surface area contributed by atoms with Crippen molar-refractivity contribution in [3.05, 3.63) is 64.2 Å². The van der Waals surface area contributed by atoms with E-state index in [4.69, 9.17) is 9.72 Å². The van der Waals surface area contributed by atoms with Crippen LogP contribution in [0.15, 0.2) is 46.1 Å². The van der Waals surface area contributed by atoms with Crippen molar-refractivity contribution in [2.45, 2.75) is 118 Å². The molecule has 3 aliphatic carbocycles. The van der Waals surface area contributed by atoms with Gasteiger partial charge in [-0.1, -0.05) is 46.1 Å². The highest BCUT2D eigenvalue weighted by Gasteiger charge is 2.78. The molecule has 5 heterocycles. The number of ether oxygens (including phenoxy) is 1. The second-order valence-corrected chi connectivity index (χ2v) is 19.1. The van der Waals surface area contributed by atoms with Gasteiger partial charge in [0.15, 0.2) is 4.34 Å². The number of hydrogen-bond donors (Lipinski definition) is 1. The van der Waals surface area contributed by atoms with Gasteiger partial charge in [0.25, 0.3) is 5.91 Å². The van der Waals surface area contributed by atoms with Crippen LogP contribution in [0.25, 0.3) is 22.2 Å². The molecule has 3 aliphatic heterocycles. The van der Waals surface area contributed by atoms with Gasteiger partial charge in [-0.2, -0.15) is 0 Å². The van der Waals surface area contributed by atoms with Gasteiger partial charge in [0.05, 0.1) is 41.5 Å². The van der Waals surface area contributed by atoms with Gasteiger partial charge in [-0.05, 0) is 86.5 Å². The molecule has 5 unspecified atom stereocenters. The SMILES string of the molecule is COc1ccc2c(c1)C1CC1(C(=O)N1C3CCC34C1CN4C)Cn1c-2c(C2CCCCC2)c2ccc(C(=O)NSc3nc(C(C)(C)C)cs3)cc21. The van der Waals surface area contributed by atoms with Crippen LogP contribution >= 0.6 is 23.3 Å². The third-order valence-corrected chi connectivity index (χ3v) is 15.5. The molecule has 8 nitrogen and oxygen atoms in total. The first kappa shape index (κ1) is 32.3. The van der Waals surface area contributed by atoms with Crippen molar-refractivity contribution >= 4 is 46.0 Å². The monoisotopic (exact) mass is 721 g/mol. The average Bonchev–Trinajstić information content (AvgIpc) is 3.50. The zero-order valence-electron chi connectivity index (χ0n) is 30.3. The number of likely N-dealkylation sites (N-methyl/N-ethyl adjacent to an activating group) is 1. The summed E-state index contributed by atoms with van der Waals surface area (Å²) in [4.78, 5) is 38.4. The van der Waals surface area contributed by atoms with E-state index in [-0.39, 0.29) is 22.8 Å². The third kappa shape index (κ3) is 4.45. The molecule has 5 atom stereocenters. The fraction of sp³-hybridized carbons (Fsp3) is 0.537. The van der Waals surface area contributed by atoms with E-state index in [0.29, 0.717) is 36.0 Å². The maximum atomic E-state index is 15.0. The van der Waals surface area contributed by atoms with Crippen LogP contribution in [0.2, 0.25) is 0 Å². The Labute approximate surface area is 308 Å². The van der Waals surface area contributed by atoms with Crippen molar-refractivity contribution in [3.63, 3.8) is 0 Å². The number of nitrogens with one attached hydrogen (secondary N) is 1. The zero-order valence-corrected chi connectivity index (χ0v) is 31.9. The summed E-state index contributed by atoms with van der Waals surface area (Å²) in [5.74, 6) is 1.66. The largest absolute Gasteiger partial charge is 0.497 e. The smallest absolute Gasteiger partial charge is 0.261 e. The fourth-order valence-electron chi connectivity index (χ4n) is 10.7. The van der Waals surface area contributed by atoms with E-state index in [1.807, 2.05) is 6.07 Å². The Balaban J connectivity index is 1.08. The standard InChI is InChI=1S/C41H47N5O3S2/c1-39(2,3)31-21-50-38(42-31)51-43-36(47)24-11-13-27-30(17-24)45-22-40(37(48)46-32-15-16-41(32)33(46)20-44(41)4)19-29(40)28-18-25(49-5)12-14-26(28)35(45)34(27)23-9-7-6-8-10-23/h11-14,17-18,21,23,29,32-33H,6-10,15-16,19-20,22H2,1-5H3,(H,43,47). The van der Waals surface area contributed by atoms with Crippen LogP contribution in [-0.2, 0) is 16.8 Å². The van der Waals surface area contributed by atoms with E-state index in [1.54, 1.807) is 18.4 Å². The van der Waals surface area contributed by atoms with Gasteiger partial charge in [0, 0.05) is 63.8 Å². The number of methoxy groups -OCH3 is 1. The Morgan fingerprint density at radius 3 is 2.57 bits per heavy atom. The number of hydrogen-bond acceptors (Lipinski definition) is 7. The summed E-state index contributed by atoms with van der Waals surface area (Å²) in [6.07, 6.45) is 9.25. The van der Waals surface area contributed by atoms with Gasteiger partial charge in [-0.3, -0.25) is 19.2 Å². The van der Waals surface area contributed by atoms with Gasteiger partial charge in [-0.15, -0.1) is 11.3 Å². The van der Waals surface area contributed by atoms with Crippen LogP contribution in [-0.4, -0.2) is 69.5 Å². The summed E-state index contributed by atoms with van der Waals surface area (Å²) in [6.45, 7) is 8.07. The van der Waals surface area contributed by atoms with Crippen molar-refractivity contribution < 1.29 is 14.3 Å². The maximum absolute atomic E-state index is 15.0. The molecule has 1 spiro atoms. The number of carbonyl (C=O) groups is 2. The van der Waals surface area contributed by atoms with E-state index in [0.717, 1.165) is 40.7 Å². The number of benzene rings is 2. The Morgan fingerprint density at radius 1 is 1.06 bits per heavy atom. The molecule has 6 aliphatic rings. The van der Waals surface area contributed by atoms with Crippen LogP contribution < -0.4 is 9.46 Å². The normalized spacial score (nSPS) is 29.3. The molecule has 0 bridgehead atoms. The first-order chi connectivity index (χ1) is 24.5. The maximum Gasteiger partial charge on any atom is 0.261 e. The number of likely N-dealkylation sites (tertiary alicyclic amines) is 2. The van der Waals surface area contributed by atoms with Crippen molar-refractivity contribution in [2.24, 2.45) is 5.41 Å². The van der Waals surface area contributed by atoms with Gasteiger partial charge >= 0.3 is 0 Å². The van der Waals surface area contributed by atoms with Crippen LogP contribution in [0, 0.1) is 5.41 Å². The second kappa shape index (κ2) is 11.1. The molecule has 4 aromatic rings. The number of amides is 2. The lowest BCUT2D eigenvalue weighted by atomic mass is 9.52. The quantitative estimate of drug-likeness (QED) is 0.203.